The van der Waals surface area contributed by atoms with E-state index in [0.717, 1.165) is 22.3 Å². The second kappa shape index (κ2) is 7.10. The average molecular weight is 260 g/mol. The Kier molecular flexibility index (Phi) is 5.77. The van der Waals surface area contributed by atoms with E-state index < -0.39 is 0 Å². The molecule has 0 radical (unpaired) electrons. The summed E-state index contributed by atoms with van der Waals surface area (Å²) in [4.78, 5) is 4.59. The predicted octanol–water partition coefficient (Wildman–Crippen LogP) is 3.52. The number of hydrogen-bond donors (Lipinski definition) is 1. The molecule has 0 bridgehead atoms. The van der Waals surface area contributed by atoms with Gasteiger partial charge >= 0.3 is 0 Å². The first-order chi connectivity index (χ1) is 9.13. The minimum atomic E-state index is 0.522. The molecular formula is C16H24N2O. The van der Waals surface area contributed by atoms with Gasteiger partial charge in [-0.15, -0.1) is 0 Å². The Labute approximate surface area is 115 Å². The summed E-state index contributed by atoms with van der Waals surface area (Å²) in [6.45, 7) is 11.2. The molecule has 3 nitrogen and oxygen atoms in total. The van der Waals surface area contributed by atoms with Crippen LogP contribution in [0.3, 0.4) is 0 Å². The van der Waals surface area contributed by atoms with Crippen molar-refractivity contribution in [3.05, 3.63) is 35.0 Å². The number of nitrogens with two attached hydrogens (primary N) is 1. The van der Waals surface area contributed by atoms with Gasteiger partial charge in [-0.25, -0.2) is 0 Å². The lowest BCUT2D eigenvalue weighted by molar-refractivity contribution is 0.332. The summed E-state index contributed by atoms with van der Waals surface area (Å²) in [5.41, 5.74) is 9.90. The number of rotatable bonds is 3. The number of aromatic nitrogens is 1. The van der Waals surface area contributed by atoms with E-state index in [2.05, 4.69) is 24.9 Å². The van der Waals surface area contributed by atoms with Crippen LogP contribution in [0.15, 0.2) is 18.2 Å². The zero-order chi connectivity index (χ0) is 14.4. The van der Waals surface area contributed by atoms with E-state index >= 15 is 0 Å². The van der Waals surface area contributed by atoms with Gasteiger partial charge in [-0.3, -0.25) is 4.98 Å². The van der Waals surface area contributed by atoms with E-state index in [1.165, 1.54) is 11.1 Å². The van der Waals surface area contributed by atoms with Gasteiger partial charge in [0, 0.05) is 17.6 Å². The molecule has 104 valence electrons. The third-order valence-electron chi connectivity index (χ3n) is 2.82. The smallest absolute Gasteiger partial charge is 0.129 e. The summed E-state index contributed by atoms with van der Waals surface area (Å²) < 4.78 is 5.68. The van der Waals surface area contributed by atoms with Crippen LogP contribution < -0.4 is 10.5 Å². The Morgan fingerprint density at radius 1 is 1.11 bits per heavy atom. The first-order valence-electron chi connectivity index (χ1n) is 6.84. The molecule has 2 rings (SSSR count). The van der Waals surface area contributed by atoms with E-state index in [-0.39, 0.29) is 0 Å². The van der Waals surface area contributed by atoms with Crippen molar-refractivity contribution in [3.63, 3.8) is 0 Å². The third kappa shape index (κ3) is 3.44. The zero-order valence-corrected chi connectivity index (χ0v) is 12.6. The first kappa shape index (κ1) is 15.4. The number of fused-ring (bicyclic) bond motifs is 1. The van der Waals surface area contributed by atoms with Crippen molar-refractivity contribution < 1.29 is 4.74 Å². The fourth-order valence-electron chi connectivity index (χ4n) is 2.09. The molecule has 2 N–H and O–H groups in total. The molecule has 2 aromatic rings. The fourth-order valence-corrected chi connectivity index (χ4v) is 2.09. The van der Waals surface area contributed by atoms with Crippen LogP contribution in [0.4, 0.5) is 0 Å². The maximum atomic E-state index is 5.68. The molecule has 3 heteroatoms. The number of ether oxygens (including phenoxy) is 1. The lowest BCUT2D eigenvalue weighted by Gasteiger charge is -2.12. The van der Waals surface area contributed by atoms with Crippen molar-refractivity contribution >= 4 is 10.9 Å². The van der Waals surface area contributed by atoms with E-state index in [0.29, 0.717) is 13.2 Å². The van der Waals surface area contributed by atoms with Crippen molar-refractivity contribution in [2.75, 3.05) is 13.2 Å². The van der Waals surface area contributed by atoms with Gasteiger partial charge < -0.3 is 10.5 Å². The van der Waals surface area contributed by atoms with Gasteiger partial charge in [-0.05, 0) is 44.0 Å². The summed E-state index contributed by atoms with van der Waals surface area (Å²) in [6.07, 6.45) is 0. The molecule has 0 amide bonds. The number of pyridine rings is 1. The van der Waals surface area contributed by atoms with E-state index in [1.54, 1.807) is 0 Å². The maximum Gasteiger partial charge on any atom is 0.129 e. The van der Waals surface area contributed by atoms with Crippen LogP contribution in [-0.2, 0) is 0 Å². The van der Waals surface area contributed by atoms with E-state index in [9.17, 15) is 0 Å². The topological polar surface area (TPSA) is 48.1 Å². The molecule has 0 aliphatic rings. The average Bonchev–Trinajstić information content (AvgIpc) is 2.41. The van der Waals surface area contributed by atoms with Gasteiger partial charge in [0.25, 0.3) is 0 Å². The monoisotopic (exact) mass is 260 g/mol. The molecule has 19 heavy (non-hydrogen) atoms. The molecule has 0 atom stereocenters. The maximum absolute atomic E-state index is 5.68. The van der Waals surface area contributed by atoms with Crippen molar-refractivity contribution in [2.45, 2.75) is 34.6 Å². The van der Waals surface area contributed by atoms with Gasteiger partial charge in [0.1, 0.15) is 12.4 Å². The third-order valence-corrected chi connectivity index (χ3v) is 2.82. The largest absolute Gasteiger partial charge is 0.492 e. The molecule has 1 aromatic heterocycles. The normalized spacial score (nSPS) is 10.0. The molecule has 0 aliphatic carbocycles. The van der Waals surface area contributed by atoms with Crippen LogP contribution in [0, 0.1) is 20.8 Å². The number of benzene rings is 1. The summed E-state index contributed by atoms with van der Waals surface area (Å²) in [5, 5.41) is 1.10. The molecule has 1 aromatic carbocycles. The minimum Gasteiger partial charge on any atom is -0.492 e. The number of nitrogens with zero attached hydrogens (tertiary/aromatic N) is 1. The van der Waals surface area contributed by atoms with Gasteiger partial charge in [0.2, 0.25) is 0 Å². The SMILES string of the molecule is CC.Cc1cc(C)c2c(OCCN)ccc(C)c2n1. The highest BCUT2D eigenvalue weighted by atomic mass is 16.5. The molecule has 0 saturated carbocycles. The lowest BCUT2D eigenvalue weighted by Crippen LogP contribution is -2.11. The van der Waals surface area contributed by atoms with Crippen molar-refractivity contribution in [3.8, 4) is 5.75 Å². The summed E-state index contributed by atoms with van der Waals surface area (Å²) >= 11 is 0. The molecule has 1 heterocycles. The lowest BCUT2D eigenvalue weighted by atomic mass is 10.0. The predicted molar refractivity (Wildman–Crippen MR) is 81.9 cm³/mol. The summed E-state index contributed by atoms with van der Waals surface area (Å²) in [7, 11) is 0. The number of aryl methyl sites for hydroxylation is 3. The highest BCUT2D eigenvalue weighted by Gasteiger charge is 2.09. The highest BCUT2D eigenvalue weighted by molar-refractivity contribution is 5.90. The first-order valence-corrected chi connectivity index (χ1v) is 6.84. The second-order valence-electron chi connectivity index (χ2n) is 4.32. The molecule has 0 unspecified atom stereocenters. The van der Waals surface area contributed by atoms with Gasteiger partial charge in [-0.2, -0.15) is 0 Å². The Morgan fingerprint density at radius 3 is 2.42 bits per heavy atom. The van der Waals surface area contributed by atoms with E-state index in [1.807, 2.05) is 32.9 Å². The van der Waals surface area contributed by atoms with Crippen molar-refractivity contribution in [1.82, 2.24) is 4.98 Å². The highest BCUT2D eigenvalue weighted by Crippen LogP contribution is 2.30. The van der Waals surface area contributed by atoms with Gasteiger partial charge in [0.15, 0.2) is 0 Å². The summed E-state index contributed by atoms with van der Waals surface area (Å²) in [5.74, 6) is 0.876. The van der Waals surface area contributed by atoms with Crippen LogP contribution in [-0.4, -0.2) is 18.1 Å². The Morgan fingerprint density at radius 2 is 1.79 bits per heavy atom. The van der Waals surface area contributed by atoms with Crippen LogP contribution in [0.2, 0.25) is 0 Å². The van der Waals surface area contributed by atoms with Gasteiger partial charge in [0.05, 0.1) is 5.52 Å². The molecular weight excluding hydrogens is 236 g/mol. The Bertz CT molecular complexity index is 550. The zero-order valence-electron chi connectivity index (χ0n) is 12.6. The van der Waals surface area contributed by atoms with Crippen molar-refractivity contribution in [1.29, 1.82) is 0 Å². The molecule has 0 fully saturated rings. The number of hydrogen-bond acceptors (Lipinski definition) is 3. The van der Waals surface area contributed by atoms with Crippen LogP contribution in [0.25, 0.3) is 10.9 Å². The van der Waals surface area contributed by atoms with E-state index in [4.69, 9.17) is 10.5 Å². The fraction of sp³-hybridized carbons (Fsp3) is 0.438. The molecule has 0 spiro atoms. The van der Waals surface area contributed by atoms with Crippen LogP contribution in [0.1, 0.15) is 30.7 Å². The molecule has 0 saturated heterocycles. The Hall–Kier alpha value is -1.61. The minimum absolute atomic E-state index is 0.522. The second-order valence-corrected chi connectivity index (χ2v) is 4.32. The quantitative estimate of drug-likeness (QED) is 0.918. The van der Waals surface area contributed by atoms with Crippen LogP contribution >= 0.6 is 0 Å². The summed E-state index contributed by atoms with van der Waals surface area (Å²) in [6, 6.07) is 6.12. The Balaban J connectivity index is 0.000000861. The van der Waals surface area contributed by atoms with Gasteiger partial charge in [-0.1, -0.05) is 19.9 Å². The van der Waals surface area contributed by atoms with Crippen molar-refractivity contribution in [2.24, 2.45) is 5.73 Å². The van der Waals surface area contributed by atoms with Crippen LogP contribution in [0.5, 0.6) is 5.75 Å². The molecule has 0 aliphatic heterocycles. The standard InChI is InChI=1S/C14H18N2O.C2H6/c1-9-4-5-12(17-7-6-15)13-10(2)8-11(3)16-14(9)13;1-2/h4-5,8H,6-7,15H2,1-3H3;1-2H3.